The summed E-state index contributed by atoms with van der Waals surface area (Å²) in [6, 6.07) is 4.41. The SMILES string of the molecule is Cc1ccc(F)cc1CC(N)C1CCS(=O)(=O)C1. The van der Waals surface area contributed by atoms with E-state index < -0.39 is 9.84 Å². The second-order valence-electron chi connectivity index (χ2n) is 5.10. The van der Waals surface area contributed by atoms with E-state index in [0.29, 0.717) is 12.8 Å². The van der Waals surface area contributed by atoms with Gasteiger partial charge in [0.2, 0.25) is 0 Å². The van der Waals surface area contributed by atoms with E-state index in [1.807, 2.05) is 6.92 Å². The van der Waals surface area contributed by atoms with Crippen LogP contribution in [0.4, 0.5) is 4.39 Å². The summed E-state index contributed by atoms with van der Waals surface area (Å²) in [7, 11) is -2.91. The fourth-order valence-electron chi connectivity index (χ4n) is 2.44. The van der Waals surface area contributed by atoms with Crippen molar-refractivity contribution in [2.75, 3.05) is 11.5 Å². The Bertz CT molecular complexity index is 542. The maximum Gasteiger partial charge on any atom is 0.150 e. The van der Waals surface area contributed by atoms with Crippen LogP contribution in [0.1, 0.15) is 17.5 Å². The molecule has 0 aromatic heterocycles. The zero-order valence-electron chi connectivity index (χ0n) is 10.4. The van der Waals surface area contributed by atoms with Crippen LogP contribution in [0.25, 0.3) is 0 Å². The Morgan fingerprint density at radius 3 is 2.83 bits per heavy atom. The number of nitrogens with two attached hydrogens (primary N) is 1. The Labute approximate surface area is 107 Å². The zero-order chi connectivity index (χ0) is 13.3. The molecule has 0 bridgehead atoms. The van der Waals surface area contributed by atoms with Crippen molar-refractivity contribution in [3.8, 4) is 0 Å². The predicted molar refractivity (Wildman–Crippen MR) is 69.6 cm³/mol. The Hall–Kier alpha value is -0.940. The van der Waals surface area contributed by atoms with E-state index in [0.717, 1.165) is 11.1 Å². The van der Waals surface area contributed by atoms with Gasteiger partial charge in [0.05, 0.1) is 11.5 Å². The van der Waals surface area contributed by atoms with Crippen molar-refractivity contribution < 1.29 is 12.8 Å². The first-order chi connectivity index (χ1) is 8.37. The van der Waals surface area contributed by atoms with E-state index in [2.05, 4.69) is 0 Å². The molecule has 1 heterocycles. The Balaban J connectivity index is 2.08. The minimum atomic E-state index is -2.91. The van der Waals surface area contributed by atoms with E-state index in [1.54, 1.807) is 6.07 Å². The summed E-state index contributed by atoms with van der Waals surface area (Å²) in [5, 5.41) is 0. The molecule has 5 heteroatoms. The van der Waals surface area contributed by atoms with Crippen molar-refractivity contribution in [3.63, 3.8) is 0 Å². The molecule has 2 unspecified atom stereocenters. The number of benzene rings is 1. The molecule has 100 valence electrons. The molecule has 1 fully saturated rings. The van der Waals surface area contributed by atoms with Gasteiger partial charge in [0, 0.05) is 6.04 Å². The van der Waals surface area contributed by atoms with Gasteiger partial charge in [-0.25, -0.2) is 12.8 Å². The fraction of sp³-hybridized carbons (Fsp3) is 0.538. The van der Waals surface area contributed by atoms with Crippen molar-refractivity contribution >= 4 is 9.84 Å². The molecule has 2 rings (SSSR count). The first-order valence-electron chi connectivity index (χ1n) is 6.08. The van der Waals surface area contributed by atoms with E-state index in [1.165, 1.54) is 12.1 Å². The standard InChI is InChI=1S/C13H18FNO2S/c1-9-2-3-12(14)6-11(9)7-13(15)10-4-5-18(16,17)8-10/h2-3,6,10,13H,4-5,7-8,15H2,1H3. The fourth-order valence-corrected chi connectivity index (χ4v) is 4.34. The van der Waals surface area contributed by atoms with Crippen LogP contribution in [0.2, 0.25) is 0 Å². The second-order valence-corrected chi connectivity index (χ2v) is 7.33. The molecule has 18 heavy (non-hydrogen) atoms. The largest absolute Gasteiger partial charge is 0.327 e. The van der Waals surface area contributed by atoms with Crippen LogP contribution in [0.3, 0.4) is 0 Å². The number of halogens is 1. The molecule has 3 nitrogen and oxygen atoms in total. The van der Waals surface area contributed by atoms with Gasteiger partial charge in [-0.3, -0.25) is 0 Å². The van der Waals surface area contributed by atoms with E-state index in [-0.39, 0.29) is 29.3 Å². The number of hydrogen-bond donors (Lipinski definition) is 1. The van der Waals surface area contributed by atoms with Crippen LogP contribution in [-0.2, 0) is 16.3 Å². The van der Waals surface area contributed by atoms with Crippen LogP contribution in [0.15, 0.2) is 18.2 Å². The van der Waals surface area contributed by atoms with Crippen molar-refractivity contribution in [2.45, 2.75) is 25.8 Å². The monoisotopic (exact) mass is 271 g/mol. The molecule has 2 N–H and O–H groups in total. The third-order valence-electron chi connectivity index (χ3n) is 3.64. The molecule has 0 aliphatic carbocycles. The molecule has 0 radical (unpaired) electrons. The average molecular weight is 271 g/mol. The molecular weight excluding hydrogens is 253 g/mol. The summed E-state index contributed by atoms with van der Waals surface area (Å²) in [5.41, 5.74) is 7.92. The van der Waals surface area contributed by atoms with E-state index >= 15 is 0 Å². The van der Waals surface area contributed by atoms with Gasteiger partial charge in [-0.2, -0.15) is 0 Å². The van der Waals surface area contributed by atoms with Crippen LogP contribution >= 0.6 is 0 Å². The number of aryl methyl sites for hydroxylation is 1. The quantitative estimate of drug-likeness (QED) is 0.905. The lowest BCUT2D eigenvalue weighted by atomic mass is 9.92. The van der Waals surface area contributed by atoms with Gasteiger partial charge in [-0.1, -0.05) is 6.07 Å². The minimum Gasteiger partial charge on any atom is -0.327 e. The van der Waals surface area contributed by atoms with Gasteiger partial charge in [0.1, 0.15) is 5.82 Å². The lowest BCUT2D eigenvalue weighted by Gasteiger charge is -2.18. The zero-order valence-corrected chi connectivity index (χ0v) is 11.2. The molecule has 2 atom stereocenters. The molecule has 0 spiro atoms. The van der Waals surface area contributed by atoms with Crippen LogP contribution in [0, 0.1) is 18.7 Å². The topological polar surface area (TPSA) is 60.2 Å². The lowest BCUT2D eigenvalue weighted by molar-refractivity contribution is 0.459. The maximum absolute atomic E-state index is 13.2. The summed E-state index contributed by atoms with van der Waals surface area (Å²) in [4.78, 5) is 0. The molecule has 1 aromatic rings. The molecule has 1 aromatic carbocycles. The number of sulfone groups is 1. The smallest absolute Gasteiger partial charge is 0.150 e. The molecule has 1 aliphatic rings. The summed E-state index contributed by atoms with van der Waals surface area (Å²) in [6.07, 6.45) is 1.15. The second kappa shape index (κ2) is 4.97. The van der Waals surface area contributed by atoms with Gasteiger partial charge in [0.15, 0.2) is 9.84 Å². The molecule has 0 amide bonds. The van der Waals surface area contributed by atoms with Crippen LogP contribution < -0.4 is 5.73 Å². The van der Waals surface area contributed by atoms with Crippen molar-refractivity contribution in [3.05, 3.63) is 35.1 Å². The summed E-state index contributed by atoms with van der Waals surface area (Å²) in [5.74, 6) is 0.121. The highest BCUT2D eigenvalue weighted by atomic mass is 32.2. The van der Waals surface area contributed by atoms with E-state index in [4.69, 9.17) is 5.73 Å². The first kappa shape index (κ1) is 13.5. The highest BCUT2D eigenvalue weighted by Crippen LogP contribution is 2.23. The summed E-state index contributed by atoms with van der Waals surface area (Å²) in [6.45, 7) is 1.91. The third-order valence-corrected chi connectivity index (χ3v) is 5.43. The average Bonchev–Trinajstić information content (AvgIpc) is 2.64. The van der Waals surface area contributed by atoms with E-state index in [9.17, 15) is 12.8 Å². The van der Waals surface area contributed by atoms with Crippen LogP contribution in [0.5, 0.6) is 0 Å². The molecule has 1 aliphatic heterocycles. The normalized spacial score (nSPS) is 24.1. The van der Waals surface area contributed by atoms with Crippen molar-refractivity contribution in [2.24, 2.45) is 11.7 Å². The minimum absolute atomic E-state index is 0.00216. The third kappa shape index (κ3) is 3.09. The lowest BCUT2D eigenvalue weighted by Crippen LogP contribution is -2.33. The summed E-state index contributed by atoms with van der Waals surface area (Å²) < 4.78 is 36.0. The Morgan fingerprint density at radius 2 is 2.22 bits per heavy atom. The van der Waals surface area contributed by atoms with Crippen molar-refractivity contribution in [1.29, 1.82) is 0 Å². The van der Waals surface area contributed by atoms with Gasteiger partial charge >= 0.3 is 0 Å². The molecule has 0 saturated carbocycles. The van der Waals surface area contributed by atoms with Crippen molar-refractivity contribution in [1.82, 2.24) is 0 Å². The Kier molecular flexibility index (Phi) is 3.73. The number of hydrogen-bond acceptors (Lipinski definition) is 3. The highest BCUT2D eigenvalue weighted by molar-refractivity contribution is 7.91. The molecular formula is C13H18FNO2S. The van der Waals surface area contributed by atoms with Gasteiger partial charge in [-0.15, -0.1) is 0 Å². The maximum atomic E-state index is 13.2. The summed E-state index contributed by atoms with van der Waals surface area (Å²) >= 11 is 0. The highest BCUT2D eigenvalue weighted by Gasteiger charge is 2.32. The van der Waals surface area contributed by atoms with Crippen LogP contribution in [-0.4, -0.2) is 26.0 Å². The van der Waals surface area contributed by atoms with Gasteiger partial charge in [-0.05, 0) is 48.9 Å². The molecule has 1 saturated heterocycles. The first-order valence-corrected chi connectivity index (χ1v) is 7.90. The number of rotatable bonds is 3. The van der Waals surface area contributed by atoms with Gasteiger partial charge in [0.25, 0.3) is 0 Å². The predicted octanol–water partition coefficient (Wildman–Crippen LogP) is 1.44. The van der Waals surface area contributed by atoms with Gasteiger partial charge < -0.3 is 5.73 Å². The Morgan fingerprint density at radius 1 is 1.50 bits per heavy atom.